The van der Waals surface area contributed by atoms with Gasteiger partial charge in [0.05, 0.1) is 28.3 Å². The van der Waals surface area contributed by atoms with Crippen molar-refractivity contribution in [1.82, 2.24) is 14.5 Å². The van der Waals surface area contributed by atoms with Crippen LogP contribution < -0.4 is 0 Å². The lowest BCUT2D eigenvalue weighted by atomic mass is 9.94. The van der Waals surface area contributed by atoms with Crippen LogP contribution in [0, 0.1) is 0 Å². The first kappa shape index (κ1) is 18.6. The zero-order chi connectivity index (χ0) is 19.1. The van der Waals surface area contributed by atoms with Gasteiger partial charge in [-0.2, -0.15) is 4.36 Å². The molecular formula is C18H26N4O4S. The van der Waals surface area contributed by atoms with Crippen molar-refractivity contribution in [2.75, 3.05) is 31.2 Å². The predicted octanol–water partition coefficient (Wildman–Crippen LogP) is 1.63. The number of ether oxygens (including phenoxy) is 1. The third-order valence-corrected chi connectivity index (χ3v) is 7.88. The second-order valence-electron chi connectivity index (χ2n) is 7.71. The monoisotopic (exact) mass is 394 g/mol. The standard InChI is InChI=1S/C18H26N4O4S/c1-2-16(23)21-7-8-26-18(12-21)5-9-27(25,10-6-18)20-17(24)15-11-22(13-19-15)14-3-4-14/h11,13-14H,2-10,12H2,1H3. The Balaban J connectivity index is 1.43. The fourth-order valence-corrected chi connectivity index (χ4v) is 5.97. The quantitative estimate of drug-likeness (QED) is 0.777. The van der Waals surface area contributed by atoms with Gasteiger partial charge in [0.1, 0.15) is 5.69 Å². The van der Waals surface area contributed by atoms with Crippen LogP contribution in [0.3, 0.4) is 0 Å². The molecule has 0 bridgehead atoms. The highest BCUT2D eigenvalue weighted by molar-refractivity contribution is 7.93. The zero-order valence-electron chi connectivity index (χ0n) is 15.6. The van der Waals surface area contributed by atoms with Gasteiger partial charge in [-0.25, -0.2) is 9.19 Å². The summed E-state index contributed by atoms with van der Waals surface area (Å²) in [4.78, 5) is 30.4. The van der Waals surface area contributed by atoms with Crippen molar-refractivity contribution < 1.29 is 18.5 Å². The van der Waals surface area contributed by atoms with Gasteiger partial charge in [0.15, 0.2) is 0 Å². The average molecular weight is 394 g/mol. The normalized spacial score (nSPS) is 31.1. The van der Waals surface area contributed by atoms with Crippen molar-refractivity contribution in [3.05, 3.63) is 18.2 Å². The van der Waals surface area contributed by atoms with Gasteiger partial charge >= 0.3 is 5.91 Å². The van der Waals surface area contributed by atoms with Crippen molar-refractivity contribution in [3.8, 4) is 0 Å². The van der Waals surface area contributed by atoms with E-state index >= 15 is 0 Å². The second-order valence-corrected chi connectivity index (χ2v) is 10.3. The minimum absolute atomic E-state index is 0.120. The molecule has 3 aliphatic rings. The fourth-order valence-electron chi connectivity index (χ4n) is 3.81. The largest absolute Gasteiger partial charge is 0.371 e. The molecule has 2 amide bonds. The maximum atomic E-state index is 13.1. The van der Waals surface area contributed by atoms with E-state index in [1.165, 1.54) is 0 Å². The van der Waals surface area contributed by atoms with Gasteiger partial charge in [-0.05, 0) is 25.7 Å². The van der Waals surface area contributed by atoms with Crippen molar-refractivity contribution in [1.29, 1.82) is 0 Å². The molecule has 1 saturated carbocycles. The van der Waals surface area contributed by atoms with Crippen LogP contribution in [-0.2, 0) is 19.3 Å². The highest BCUT2D eigenvalue weighted by Gasteiger charge is 2.42. The average Bonchev–Trinajstić information content (AvgIpc) is 3.40. The van der Waals surface area contributed by atoms with Gasteiger partial charge in [-0.1, -0.05) is 6.92 Å². The topological polar surface area (TPSA) is 93.9 Å². The maximum absolute atomic E-state index is 13.1. The molecule has 0 N–H and O–H groups in total. The molecule has 8 nitrogen and oxygen atoms in total. The number of hydrogen-bond acceptors (Lipinski definition) is 5. The maximum Gasteiger partial charge on any atom is 0.305 e. The number of carbonyl (C=O) groups is 2. The molecule has 4 rings (SSSR count). The Kier molecular flexibility index (Phi) is 4.84. The van der Waals surface area contributed by atoms with Gasteiger partial charge in [0, 0.05) is 43.3 Å². The Morgan fingerprint density at radius 3 is 2.78 bits per heavy atom. The zero-order valence-corrected chi connectivity index (χ0v) is 16.4. The lowest BCUT2D eigenvalue weighted by Crippen LogP contribution is -2.56. The van der Waals surface area contributed by atoms with Crippen LogP contribution in [0.5, 0.6) is 0 Å². The molecule has 1 spiro atoms. The molecule has 3 heterocycles. The first-order chi connectivity index (χ1) is 12.9. The summed E-state index contributed by atoms with van der Waals surface area (Å²) in [6, 6.07) is 0.444. The van der Waals surface area contributed by atoms with Crippen LogP contribution in [-0.4, -0.2) is 67.3 Å². The number of amides is 2. The van der Waals surface area contributed by atoms with Crippen LogP contribution in [0.25, 0.3) is 0 Å². The lowest BCUT2D eigenvalue weighted by molar-refractivity contribution is -0.151. The third kappa shape index (κ3) is 3.94. The number of imidazole rings is 1. The summed E-state index contributed by atoms with van der Waals surface area (Å²) in [5.41, 5.74) is -0.186. The van der Waals surface area contributed by atoms with Crippen LogP contribution >= 0.6 is 0 Å². The van der Waals surface area contributed by atoms with E-state index < -0.39 is 21.2 Å². The molecule has 2 aliphatic heterocycles. The molecule has 1 aromatic rings. The summed E-state index contributed by atoms with van der Waals surface area (Å²) in [5.74, 6) is 0.254. The molecule has 27 heavy (non-hydrogen) atoms. The minimum atomic E-state index is -2.61. The van der Waals surface area contributed by atoms with Crippen molar-refractivity contribution in [2.24, 2.45) is 4.36 Å². The second kappa shape index (κ2) is 7.01. The first-order valence-electron chi connectivity index (χ1n) is 9.64. The SMILES string of the molecule is CCC(=O)N1CCOC2(CCS(=O)(=NC(=O)c3cn(C4CC4)cn3)CC2)C1. The number of nitrogens with zero attached hydrogens (tertiary/aromatic N) is 4. The van der Waals surface area contributed by atoms with Gasteiger partial charge in [0.25, 0.3) is 0 Å². The Morgan fingerprint density at radius 1 is 1.37 bits per heavy atom. The van der Waals surface area contributed by atoms with Crippen molar-refractivity contribution in [2.45, 2.75) is 50.7 Å². The smallest absolute Gasteiger partial charge is 0.305 e. The number of carbonyl (C=O) groups excluding carboxylic acids is 2. The number of hydrogen-bond donors (Lipinski definition) is 0. The van der Waals surface area contributed by atoms with E-state index in [0.717, 1.165) is 12.8 Å². The Bertz CT molecular complexity index is 852. The van der Waals surface area contributed by atoms with Gasteiger partial charge in [-0.15, -0.1) is 0 Å². The van der Waals surface area contributed by atoms with Crippen molar-refractivity contribution >= 4 is 21.5 Å². The fraction of sp³-hybridized carbons (Fsp3) is 0.722. The van der Waals surface area contributed by atoms with E-state index in [1.54, 1.807) is 12.5 Å². The molecule has 9 heteroatoms. The number of aromatic nitrogens is 2. The van der Waals surface area contributed by atoms with Gasteiger partial charge in [0.2, 0.25) is 5.91 Å². The highest BCUT2D eigenvalue weighted by Crippen LogP contribution is 2.35. The summed E-state index contributed by atoms with van der Waals surface area (Å²) in [5, 5.41) is 0. The van der Waals surface area contributed by atoms with Gasteiger partial charge < -0.3 is 14.2 Å². The van der Waals surface area contributed by atoms with E-state index in [2.05, 4.69) is 9.35 Å². The molecule has 1 aromatic heterocycles. The number of morpholine rings is 1. The molecule has 0 atom stereocenters. The lowest BCUT2D eigenvalue weighted by Gasteiger charge is -2.45. The molecule has 0 aromatic carbocycles. The summed E-state index contributed by atoms with van der Waals surface area (Å²) >= 11 is 0. The molecule has 148 valence electrons. The highest BCUT2D eigenvalue weighted by atomic mass is 32.2. The number of rotatable bonds is 3. The Hall–Kier alpha value is -1.74. The third-order valence-electron chi connectivity index (χ3n) is 5.70. The molecule has 2 saturated heterocycles. The summed E-state index contributed by atoms with van der Waals surface area (Å²) in [6.45, 7) is 3.50. The molecule has 0 radical (unpaired) electrons. The molecule has 1 aliphatic carbocycles. The van der Waals surface area contributed by atoms with E-state index in [4.69, 9.17) is 4.74 Å². The molecular weight excluding hydrogens is 368 g/mol. The Labute approximate surface area is 159 Å². The van der Waals surface area contributed by atoms with E-state index in [-0.39, 0.29) is 11.6 Å². The van der Waals surface area contributed by atoms with E-state index in [1.807, 2.05) is 16.4 Å². The van der Waals surface area contributed by atoms with Crippen LogP contribution in [0.15, 0.2) is 16.9 Å². The van der Waals surface area contributed by atoms with E-state index in [0.29, 0.717) is 56.5 Å². The molecule has 0 unspecified atom stereocenters. The van der Waals surface area contributed by atoms with Crippen LogP contribution in [0.4, 0.5) is 0 Å². The summed E-state index contributed by atoms with van der Waals surface area (Å²) < 4.78 is 25.1. The first-order valence-corrected chi connectivity index (χ1v) is 11.5. The molecule has 3 fully saturated rings. The predicted molar refractivity (Wildman–Crippen MR) is 99.9 cm³/mol. The van der Waals surface area contributed by atoms with Crippen molar-refractivity contribution in [3.63, 3.8) is 0 Å². The van der Waals surface area contributed by atoms with Crippen LogP contribution in [0.1, 0.15) is 55.6 Å². The Morgan fingerprint density at radius 2 is 2.11 bits per heavy atom. The summed E-state index contributed by atoms with van der Waals surface area (Å²) in [6.07, 6.45) is 7.14. The van der Waals surface area contributed by atoms with Gasteiger partial charge in [-0.3, -0.25) is 9.59 Å². The summed E-state index contributed by atoms with van der Waals surface area (Å²) in [7, 11) is -2.61. The van der Waals surface area contributed by atoms with E-state index in [9.17, 15) is 13.8 Å². The van der Waals surface area contributed by atoms with Crippen LogP contribution in [0.2, 0.25) is 0 Å². The minimum Gasteiger partial charge on any atom is -0.371 e.